The minimum Gasteiger partial charge on any atom is -0.495 e. The van der Waals surface area contributed by atoms with Gasteiger partial charge in [-0.15, -0.1) is 0 Å². The Morgan fingerprint density at radius 3 is 2.39 bits per heavy atom. The first-order valence-corrected chi connectivity index (χ1v) is 12.4. The molecule has 2 aromatic rings. The highest BCUT2D eigenvalue weighted by Gasteiger charge is 2.28. The molecule has 0 radical (unpaired) electrons. The zero-order valence-electron chi connectivity index (χ0n) is 19.8. The summed E-state index contributed by atoms with van der Waals surface area (Å²) in [7, 11) is -2.26. The van der Waals surface area contributed by atoms with Gasteiger partial charge in [0, 0.05) is 13.1 Å². The van der Waals surface area contributed by atoms with Gasteiger partial charge in [-0.3, -0.25) is 4.79 Å². The van der Waals surface area contributed by atoms with Crippen LogP contribution in [0.4, 0.5) is 5.69 Å². The van der Waals surface area contributed by atoms with Crippen molar-refractivity contribution in [1.29, 1.82) is 0 Å². The maximum atomic E-state index is 13.0. The Balaban J connectivity index is 1.81. The van der Waals surface area contributed by atoms with E-state index in [1.165, 1.54) is 29.6 Å². The molecule has 0 aromatic heterocycles. The normalized spacial score (nSPS) is 15.8. The number of nitrogens with zero attached hydrogens (tertiary/aromatic N) is 1. The second-order valence-corrected chi connectivity index (χ2v) is 10.3. The maximum absolute atomic E-state index is 13.0. The molecule has 1 heterocycles. The van der Waals surface area contributed by atoms with E-state index in [9.17, 15) is 13.2 Å². The number of morpholine rings is 1. The molecule has 1 atom stereocenters. The Bertz CT molecular complexity index is 1090. The molecule has 0 saturated carbocycles. The summed E-state index contributed by atoms with van der Waals surface area (Å²) >= 11 is 0. The van der Waals surface area contributed by atoms with E-state index in [4.69, 9.17) is 14.2 Å². The molecular formula is C24H32N2O6S. The van der Waals surface area contributed by atoms with Crippen molar-refractivity contribution in [2.75, 3.05) is 38.7 Å². The number of ether oxygens (including phenoxy) is 3. The number of sulfonamides is 1. The molecule has 3 rings (SSSR count). The van der Waals surface area contributed by atoms with E-state index in [1.807, 2.05) is 25.1 Å². The fourth-order valence-electron chi connectivity index (χ4n) is 3.58. The molecule has 2 aromatic carbocycles. The fourth-order valence-corrected chi connectivity index (χ4v) is 5.01. The van der Waals surface area contributed by atoms with Gasteiger partial charge in [0.1, 0.15) is 11.5 Å². The van der Waals surface area contributed by atoms with E-state index in [-0.39, 0.29) is 29.6 Å². The summed E-state index contributed by atoms with van der Waals surface area (Å²) in [6.07, 6.45) is -0.812. The Labute approximate surface area is 195 Å². The summed E-state index contributed by atoms with van der Waals surface area (Å²) in [6, 6.07) is 10.4. The number of carbonyl (C=O) groups is 1. The number of benzene rings is 2. The minimum absolute atomic E-state index is 0.0786. The van der Waals surface area contributed by atoms with Gasteiger partial charge in [0.05, 0.1) is 30.9 Å². The van der Waals surface area contributed by atoms with Crippen LogP contribution >= 0.6 is 0 Å². The van der Waals surface area contributed by atoms with E-state index >= 15 is 0 Å². The van der Waals surface area contributed by atoms with Crippen LogP contribution in [-0.4, -0.2) is 58.1 Å². The monoisotopic (exact) mass is 476 g/mol. The van der Waals surface area contributed by atoms with Crippen molar-refractivity contribution in [2.24, 2.45) is 0 Å². The Morgan fingerprint density at radius 2 is 1.76 bits per heavy atom. The predicted molar refractivity (Wildman–Crippen MR) is 127 cm³/mol. The molecule has 1 aliphatic rings. The van der Waals surface area contributed by atoms with Crippen LogP contribution in [0.2, 0.25) is 0 Å². The summed E-state index contributed by atoms with van der Waals surface area (Å²) < 4.78 is 44.0. The van der Waals surface area contributed by atoms with E-state index in [1.54, 1.807) is 6.92 Å². The maximum Gasteiger partial charge on any atom is 0.265 e. The number of nitrogens with one attached hydrogen (secondary N) is 1. The quantitative estimate of drug-likeness (QED) is 0.626. The van der Waals surface area contributed by atoms with E-state index in [2.05, 4.69) is 19.2 Å². The SMILES string of the molecule is COc1ccc(S(=O)(=O)N2CCOCC2)cc1NC(=O)[C@H](C)Oc1cc(C)ccc1C(C)C. The van der Waals surface area contributed by atoms with Gasteiger partial charge in [-0.2, -0.15) is 4.31 Å². The molecule has 1 amide bonds. The van der Waals surface area contributed by atoms with Gasteiger partial charge in [-0.1, -0.05) is 26.0 Å². The van der Waals surface area contributed by atoms with E-state index < -0.39 is 22.0 Å². The summed E-state index contributed by atoms with van der Waals surface area (Å²) in [5, 5.41) is 2.76. The summed E-state index contributed by atoms with van der Waals surface area (Å²) in [6.45, 7) is 9.03. The second-order valence-electron chi connectivity index (χ2n) is 8.32. The predicted octanol–water partition coefficient (Wildman–Crippen LogP) is 3.55. The molecule has 9 heteroatoms. The smallest absolute Gasteiger partial charge is 0.265 e. The lowest BCUT2D eigenvalue weighted by Crippen LogP contribution is -2.40. The number of anilines is 1. The fraction of sp³-hybridized carbons (Fsp3) is 0.458. The van der Waals surface area contributed by atoms with Crippen molar-refractivity contribution in [3.05, 3.63) is 47.5 Å². The molecule has 1 saturated heterocycles. The van der Waals surface area contributed by atoms with Crippen molar-refractivity contribution in [2.45, 2.75) is 44.6 Å². The Hall–Kier alpha value is -2.62. The molecule has 8 nitrogen and oxygen atoms in total. The molecule has 1 fully saturated rings. The zero-order valence-corrected chi connectivity index (χ0v) is 20.6. The molecule has 0 bridgehead atoms. The molecule has 0 unspecified atom stereocenters. The minimum atomic E-state index is -3.72. The Kier molecular flexibility index (Phi) is 7.99. The van der Waals surface area contributed by atoms with Gasteiger partial charge >= 0.3 is 0 Å². The number of aryl methyl sites for hydroxylation is 1. The van der Waals surface area contributed by atoms with Crippen molar-refractivity contribution < 1.29 is 27.4 Å². The standard InChI is InChI=1S/C24H32N2O6S/c1-16(2)20-8-6-17(3)14-23(20)32-18(4)24(27)25-21-15-19(7-9-22(21)30-5)33(28,29)26-10-12-31-13-11-26/h6-9,14-16,18H,10-13H2,1-5H3,(H,25,27)/t18-/m0/s1. The first kappa shape index (κ1) is 25.0. The topological polar surface area (TPSA) is 94.2 Å². The van der Waals surface area contributed by atoms with Crippen LogP contribution in [-0.2, 0) is 19.6 Å². The number of methoxy groups -OCH3 is 1. The van der Waals surface area contributed by atoms with Gasteiger partial charge in [-0.25, -0.2) is 8.42 Å². The van der Waals surface area contributed by atoms with Crippen LogP contribution in [0.5, 0.6) is 11.5 Å². The van der Waals surface area contributed by atoms with E-state index in [0.29, 0.717) is 24.7 Å². The van der Waals surface area contributed by atoms with Gasteiger partial charge in [0.25, 0.3) is 5.91 Å². The lowest BCUT2D eigenvalue weighted by Gasteiger charge is -2.26. The van der Waals surface area contributed by atoms with Crippen LogP contribution in [0.25, 0.3) is 0 Å². The van der Waals surface area contributed by atoms with Crippen molar-refractivity contribution >= 4 is 21.6 Å². The number of rotatable bonds is 8. The summed E-state index contributed by atoms with van der Waals surface area (Å²) in [5.74, 6) is 0.835. The Morgan fingerprint density at radius 1 is 1.06 bits per heavy atom. The van der Waals surface area contributed by atoms with Gasteiger partial charge < -0.3 is 19.5 Å². The molecular weight excluding hydrogens is 444 g/mol. The lowest BCUT2D eigenvalue weighted by molar-refractivity contribution is -0.122. The number of hydrogen-bond acceptors (Lipinski definition) is 6. The average Bonchev–Trinajstić information content (AvgIpc) is 2.79. The molecule has 1 aliphatic heterocycles. The van der Waals surface area contributed by atoms with Crippen molar-refractivity contribution in [3.8, 4) is 11.5 Å². The van der Waals surface area contributed by atoms with E-state index in [0.717, 1.165) is 11.1 Å². The van der Waals surface area contributed by atoms with Crippen LogP contribution in [0.1, 0.15) is 37.8 Å². The van der Waals surface area contributed by atoms with Crippen molar-refractivity contribution in [1.82, 2.24) is 4.31 Å². The highest BCUT2D eigenvalue weighted by Crippen LogP contribution is 2.31. The third-order valence-corrected chi connectivity index (χ3v) is 7.40. The van der Waals surface area contributed by atoms with Crippen LogP contribution in [0, 0.1) is 6.92 Å². The lowest BCUT2D eigenvalue weighted by atomic mass is 10.0. The molecule has 180 valence electrons. The number of hydrogen-bond donors (Lipinski definition) is 1. The molecule has 0 aliphatic carbocycles. The third-order valence-electron chi connectivity index (χ3n) is 5.50. The van der Waals surface area contributed by atoms with Gasteiger partial charge in [0.15, 0.2) is 6.10 Å². The largest absolute Gasteiger partial charge is 0.495 e. The molecule has 0 spiro atoms. The third kappa shape index (κ3) is 5.85. The highest BCUT2D eigenvalue weighted by molar-refractivity contribution is 7.89. The van der Waals surface area contributed by atoms with Crippen LogP contribution in [0.3, 0.4) is 0 Å². The number of carbonyl (C=O) groups excluding carboxylic acids is 1. The summed E-state index contributed by atoms with van der Waals surface area (Å²) in [4.78, 5) is 13.0. The zero-order chi connectivity index (χ0) is 24.2. The van der Waals surface area contributed by atoms with Crippen LogP contribution in [0.15, 0.2) is 41.3 Å². The molecule has 33 heavy (non-hydrogen) atoms. The second kappa shape index (κ2) is 10.5. The molecule has 1 N–H and O–H groups in total. The van der Waals surface area contributed by atoms with Gasteiger partial charge in [-0.05, 0) is 55.2 Å². The number of amides is 1. The van der Waals surface area contributed by atoms with Gasteiger partial charge in [0.2, 0.25) is 10.0 Å². The van der Waals surface area contributed by atoms with Crippen LogP contribution < -0.4 is 14.8 Å². The first-order valence-electron chi connectivity index (χ1n) is 11.0. The van der Waals surface area contributed by atoms with Crippen molar-refractivity contribution in [3.63, 3.8) is 0 Å². The highest BCUT2D eigenvalue weighted by atomic mass is 32.2. The first-order chi connectivity index (χ1) is 15.6. The summed E-state index contributed by atoms with van der Waals surface area (Å²) in [5.41, 5.74) is 2.31. The average molecular weight is 477 g/mol.